The smallest absolute Gasteiger partial charge is 0.227 e. The van der Waals surface area contributed by atoms with Crippen molar-refractivity contribution in [2.24, 2.45) is 0 Å². The Kier molecular flexibility index (Phi) is 6.67. The van der Waals surface area contributed by atoms with Gasteiger partial charge in [0.25, 0.3) is 0 Å². The van der Waals surface area contributed by atoms with E-state index in [1.54, 1.807) is 12.1 Å². The summed E-state index contributed by atoms with van der Waals surface area (Å²) in [4.78, 5) is 21.2. The van der Waals surface area contributed by atoms with E-state index in [1.165, 1.54) is 5.56 Å². The molecule has 0 bridgehead atoms. The minimum Gasteiger partial charge on any atom is -0.340 e. The largest absolute Gasteiger partial charge is 0.340 e. The SMILES string of the molecule is O=C(CCc1nc(-c2ccc(Cl)cc2)no1)N1CCN(Cc2cccc(Cl)c2)CC1. The van der Waals surface area contributed by atoms with Gasteiger partial charge in [-0.15, -0.1) is 0 Å². The Hall–Kier alpha value is -2.41. The number of nitrogens with zero attached hydrogens (tertiary/aromatic N) is 4. The number of hydrogen-bond donors (Lipinski definition) is 0. The highest BCUT2D eigenvalue weighted by Gasteiger charge is 2.21. The summed E-state index contributed by atoms with van der Waals surface area (Å²) in [6.45, 7) is 3.98. The molecule has 1 saturated heterocycles. The zero-order valence-corrected chi connectivity index (χ0v) is 17.9. The third-order valence-electron chi connectivity index (χ3n) is 5.14. The average Bonchev–Trinajstić information content (AvgIpc) is 3.22. The van der Waals surface area contributed by atoms with E-state index in [1.807, 2.05) is 35.2 Å². The number of carbonyl (C=O) groups is 1. The maximum absolute atomic E-state index is 12.6. The van der Waals surface area contributed by atoms with Crippen LogP contribution in [0.3, 0.4) is 0 Å². The van der Waals surface area contributed by atoms with E-state index >= 15 is 0 Å². The fourth-order valence-electron chi connectivity index (χ4n) is 3.49. The first-order valence-electron chi connectivity index (χ1n) is 9.90. The number of benzene rings is 2. The van der Waals surface area contributed by atoms with Crippen molar-refractivity contribution in [2.45, 2.75) is 19.4 Å². The number of halogens is 2. The van der Waals surface area contributed by atoms with E-state index in [4.69, 9.17) is 27.7 Å². The van der Waals surface area contributed by atoms with Gasteiger partial charge >= 0.3 is 0 Å². The molecule has 0 atom stereocenters. The summed E-state index contributed by atoms with van der Waals surface area (Å²) >= 11 is 12.0. The summed E-state index contributed by atoms with van der Waals surface area (Å²) < 4.78 is 5.30. The van der Waals surface area contributed by atoms with E-state index < -0.39 is 0 Å². The Bertz CT molecular complexity index is 998. The maximum atomic E-state index is 12.6. The lowest BCUT2D eigenvalue weighted by molar-refractivity contribution is -0.133. The molecule has 1 fully saturated rings. The van der Waals surface area contributed by atoms with Gasteiger partial charge in [0.1, 0.15) is 0 Å². The van der Waals surface area contributed by atoms with Crippen LogP contribution >= 0.6 is 23.2 Å². The normalized spacial score (nSPS) is 14.8. The molecule has 0 spiro atoms. The van der Waals surface area contributed by atoms with Gasteiger partial charge in [-0.05, 0) is 42.0 Å². The van der Waals surface area contributed by atoms with Gasteiger partial charge in [-0.1, -0.05) is 40.5 Å². The molecule has 2 heterocycles. The highest BCUT2D eigenvalue weighted by molar-refractivity contribution is 6.30. The van der Waals surface area contributed by atoms with E-state index in [2.05, 4.69) is 21.1 Å². The Morgan fingerprint density at radius 3 is 2.50 bits per heavy atom. The third kappa shape index (κ3) is 5.39. The first-order chi connectivity index (χ1) is 14.6. The van der Waals surface area contributed by atoms with Crippen LogP contribution in [0.2, 0.25) is 10.0 Å². The van der Waals surface area contributed by atoms with E-state index in [0.717, 1.165) is 43.3 Å². The van der Waals surface area contributed by atoms with Gasteiger partial charge < -0.3 is 9.42 Å². The van der Waals surface area contributed by atoms with Crippen molar-refractivity contribution in [3.8, 4) is 11.4 Å². The second-order valence-electron chi connectivity index (χ2n) is 7.31. The summed E-state index contributed by atoms with van der Waals surface area (Å²) in [7, 11) is 0. The van der Waals surface area contributed by atoms with E-state index in [0.29, 0.717) is 29.6 Å². The number of amides is 1. The van der Waals surface area contributed by atoms with E-state index in [-0.39, 0.29) is 5.91 Å². The van der Waals surface area contributed by atoms with Crippen LogP contribution in [0.5, 0.6) is 0 Å². The van der Waals surface area contributed by atoms with Crippen molar-refractivity contribution < 1.29 is 9.32 Å². The summed E-state index contributed by atoms with van der Waals surface area (Å²) in [5.74, 6) is 1.08. The lowest BCUT2D eigenvalue weighted by atomic mass is 10.2. The van der Waals surface area contributed by atoms with Crippen LogP contribution < -0.4 is 0 Å². The van der Waals surface area contributed by atoms with Gasteiger partial charge in [-0.2, -0.15) is 4.98 Å². The number of rotatable bonds is 6. The number of aromatic nitrogens is 2. The highest BCUT2D eigenvalue weighted by atomic mass is 35.5. The zero-order valence-electron chi connectivity index (χ0n) is 16.4. The zero-order chi connectivity index (χ0) is 20.9. The van der Waals surface area contributed by atoms with Crippen LogP contribution in [-0.4, -0.2) is 52.0 Å². The minimum absolute atomic E-state index is 0.114. The molecule has 1 aliphatic rings. The molecule has 0 saturated carbocycles. The molecular formula is C22H22Cl2N4O2. The molecule has 0 unspecified atom stereocenters. The van der Waals surface area contributed by atoms with Gasteiger partial charge in [0, 0.05) is 61.2 Å². The number of carbonyl (C=O) groups excluding carboxylic acids is 1. The van der Waals surface area contributed by atoms with E-state index in [9.17, 15) is 4.79 Å². The van der Waals surface area contributed by atoms with Crippen molar-refractivity contribution in [1.82, 2.24) is 19.9 Å². The molecule has 1 amide bonds. The third-order valence-corrected chi connectivity index (χ3v) is 5.63. The van der Waals surface area contributed by atoms with Crippen molar-refractivity contribution in [3.63, 3.8) is 0 Å². The molecule has 30 heavy (non-hydrogen) atoms. The van der Waals surface area contributed by atoms with Gasteiger partial charge in [-0.25, -0.2) is 0 Å². The number of piperazine rings is 1. The summed E-state index contributed by atoms with van der Waals surface area (Å²) in [6, 6.07) is 15.1. The van der Waals surface area contributed by atoms with Gasteiger partial charge in [0.2, 0.25) is 17.6 Å². The molecule has 1 aliphatic heterocycles. The van der Waals surface area contributed by atoms with Gasteiger partial charge in [0.15, 0.2) is 0 Å². The lowest BCUT2D eigenvalue weighted by Crippen LogP contribution is -2.48. The quantitative estimate of drug-likeness (QED) is 0.566. The minimum atomic E-state index is 0.114. The number of hydrogen-bond acceptors (Lipinski definition) is 5. The topological polar surface area (TPSA) is 62.5 Å². The van der Waals surface area contributed by atoms with Crippen LogP contribution in [-0.2, 0) is 17.8 Å². The first kappa shape index (κ1) is 20.8. The molecule has 4 rings (SSSR count). The molecule has 3 aromatic rings. The Labute approximate surface area is 185 Å². The summed E-state index contributed by atoms with van der Waals surface area (Å²) in [6.07, 6.45) is 0.790. The highest BCUT2D eigenvalue weighted by Crippen LogP contribution is 2.19. The molecule has 8 heteroatoms. The molecular weight excluding hydrogens is 423 g/mol. The Balaban J connectivity index is 1.24. The lowest BCUT2D eigenvalue weighted by Gasteiger charge is -2.34. The molecule has 1 aromatic heterocycles. The fraction of sp³-hybridized carbons (Fsp3) is 0.318. The first-order valence-corrected chi connectivity index (χ1v) is 10.7. The van der Waals surface area contributed by atoms with Crippen LogP contribution in [0.1, 0.15) is 17.9 Å². The standard InChI is InChI=1S/C22H22Cl2N4O2/c23-18-6-4-17(5-7-18)22-25-20(30-26-22)8-9-21(29)28-12-10-27(11-13-28)15-16-2-1-3-19(24)14-16/h1-7,14H,8-13,15H2. The predicted molar refractivity (Wildman–Crippen MR) is 116 cm³/mol. The fourth-order valence-corrected chi connectivity index (χ4v) is 3.83. The molecule has 0 radical (unpaired) electrons. The molecule has 2 aromatic carbocycles. The molecule has 156 valence electrons. The van der Waals surface area contributed by atoms with Crippen LogP contribution in [0.25, 0.3) is 11.4 Å². The molecule has 0 N–H and O–H groups in total. The van der Waals surface area contributed by atoms with Gasteiger partial charge in [0.05, 0.1) is 0 Å². The molecule has 6 nitrogen and oxygen atoms in total. The van der Waals surface area contributed by atoms with Crippen LogP contribution in [0, 0.1) is 0 Å². The second kappa shape index (κ2) is 9.60. The van der Waals surface area contributed by atoms with Crippen LogP contribution in [0.15, 0.2) is 53.1 Å². The van der Waals surface area contributed by atoms with Crippen molar-refractivity contribution in [1.29, 1.82) is 0 Å². The summed E-state index contributed by atoms with van der Waals surface area (Å²) in [5.41, 5.74) is 2.02. The summed E-state index contributed by atoms with van der Waals surface area (Å²) in [5, 5.41) is 5.40. The van der Waals surface area contributed by atoms with Gasteiger partial charge in [-0.3, -0.25) is 9.69 Å². The molecule has 0 aliphatic carbocycles. The van der Waals surface area contributed by atoms with Crippen LogP contribution in [0.4, 0.5) is 0 Å². The maximum Gasteiger partial charge on any atom is 0.227 e. The predicted octanol–water partition coefficient (Wildman–Crippen LogP) is 4.32. The van der Waals surface area contributed by atoms with Crippen molar-refractivity contribution in [2.75, 3.05) is 26.2 Å². The number of aryl methyl sites for hydroxylation is 1. The second-order valence-corrected chi connectivity index (χ2v) is 8.18. The Morgan fingerprint density at radius 2 is 1.77 bits per heavy atom. The van der Waals surface area contributed by atoms with Crippen molar-refractivity contribution in [3.05, 3.63) is 70.0 Å². The van der Waals surface area contributed by atoms with Crippen molar-refractivity contribution >= 4 is 29.1 Å². The average molecular weight is 445 g/mol. The monoisotopic (exact) mass is 444 g/mol. The Morgan fingerprint density at radius 1 is 1.00 bits per heavy atom.